The number of hydrogen-bond acceptors (Lipinski definition) is 5. The van der Waals surface area contributed by atoms with E-state index in [1.54, 1.807) is 50.6 Å². The summed E-state index contributed by atoms with van der Waals surface area (Å²) in [4.78, 5) is 17.0. The summed E-state index contributed by atoms with van der Waals surface area (Å²) in [5.74, 6) is 0.469. The lowest BCUT2D eigenvalue weighted by Crippen LogP contribution is -2.36. The van der Waals surface area contributed by atoms with Gasteiger partial charge in [-0.05, 0) is 37.6 Å². The van der Waals surface area contributed by atoms with Crippen molar-refractivity contribution in [1.82, 2.24) is 10.3 Å². The largest absolute Gasteiger partial charge is 0.497 e. The van der Waals surface area contributed by atoms with E-state index in [2.05, 4.69) is 10.3 Å². The Hall–Kier alpha value is -2.18. The van der Waals surface area contributed by atoms with Crippen LogP contribution in [0.1, 0.15) is 28.5 Å². The van der Waals surface area contributed by atoms with Crippen molar-refractivity contribution < 1.29 is 14.6 Å². The van der Waals surface area contributed by atoms with Gasteiger partial charge in [0.2, 0.25) is 5.91 Å². The number of methoxy groups -OCH3 is 1. The van der Waals surface area contributed by atoms with Crippen molar-refractivity contribution in [3.8, 4) is 5.75 Å². The maximum absolute atomic E-state index is 11.9. The molecule has 0 aliphatic carbocycles. The Bertz CT molecular complexity index is 679. The number of nitrogens with zero attached hydrogens (tertiary/aromatic N) is 1. The van der Waals surface area contributed by atoms with Gasteiger partial charge in [0.15, 0.2) is 0 Å². The minimum Gasteiger partial charge on any atom is -0.497 e. The molecule has 0 saturated heterocycles. The van der Waals surface area contributed by atoms with E-state index in [-0.39, 0.29) is 5.91 Å². The minimum absolute atomic E-state index is 0.254. The van der Waals surface area contributed by atoms with Crippen LogP contribution in [-0.2, 0) is 4.79 Å². The van der Waals surface area contributed by atoms with Crippen molar-refractivity contribution in [3.05, 3.63) is 52.0 Å². The molecule has 2 rings (SSSR count). The second-order valence-corrected chi connectivity index (χ2v) is 6.40. The lowest BCUT2D eigenvalue weighted by molar-refractivity contribution is -0.117. The SMILES string of the molecule is COc1ccc(C(O)C(C)NC(=O)/C=C/c2cnc(C)s2)cc1. The van der Waals surface area contributed by atoms with Gasteiger partial charge in [-0.2, -0.15) is 0 Å². The predicted octanol–water partition coefficient (Wildman–Crippen LogP) is 2.71. The fourth-order valence-electron chi connectivity index (χ4n) is 2.05. The van der Waals surface area contributed by atoms with E-state index in [0.717, 1.165) is 21.2 Å². The highest BCUT2D eigenvalue weighted by molar-refractivity contribution is 7.12. The molecule has 1 aromatic heterocycles. The first-order chi connectivity index (χ1) is 11.0. The molecule has 23 heavy (non-hydrogen) atoms. The lowest BCUT2D eigenvalue weighted by Gasteiger charge is -2.20. The summed E-state index contributed by atoms with van der Waals surface area (Å²) in [6.45, 7) is 3.67. The standard InChI is InChI=1S/C17H20N2O3S/c1-11(17(21)13-4-6-14(22-3)7-5-13)19-16(20)9-8-15-10-18-12(2)23-15/h4-11,17,21H,1-3H3,(H,19,20)/b9-8+. The monoisotopic (exact) mass is 332 g/mol. The second kappa shape index (κ2) is 7.89. The van der Waals surface area contributed by atoms with Gasteiger partial charge in [0.25, 0.3) is 0 Å². The number of aliphatic hydroxyl groups is 1. The normalized spacial score (nSPS) is 13.7. The molecule has 1 heterocycles. The number of aliphatic hydroxyl groups excluding tert-OH is 1. The highest BCUT2D eigenvalue weighted by Gasteiger charge is 2.17. The molecule has 5 nitrogen and oxygen atoms in total. The van der Waals surface area contributed by atoms with Crippen LogP contribution in [0.3, 0.4) is 0 Å². The van der Waals surface area contributed by atoms with Crippen molar-refractivity contribution in [2.45, 2.75) is 26.0 Å². The van der Waals surface area contributed by atoms with E-state index in [1.807, 2.05) is 6.92 Å². The number of aryl methyl sites for hydroxylation is 1. The summed E-state index contributed by atoms with van der Waals surface area (Å²) >= 11 is 1.52. The first-order valence-electron chi connectivity index (χ1n) is 7.22. The zero-order valence-corrected chi connectivity index (χ0v) is 14.1. The number of carbonyl (C=O) groups is 1. The summed E-state index contributed by atoms with van der Waals surface area (Å²) in [7, 11) is 1.59. The number of carbonyl (C=O) groups excluding carboxylic acids is 1. The molecule has 0 fully saturated rings. The lowest BCUT2D eigenvalue weighted by atomic mass is 10.0. The topological polar surface area (TPSA) is 71.5 Å². The maximum atomic E-state index is 11.9. The Morgan fingerprint density at radius 3 is 2.65 bits per heavy atom. The number of benzene rings is 1. The minimum atomic E-state index is -0.788. The first-order valence-corrected chi connectivity index (χ1v) is 8.04. The molecule has 0 spiro atoms. The van der Waals surface area contributed by atoms with Crippen LogP contribution in [0.25, 0.3) is 6.08 Å². The molecule has 0 aliphatic rings. The molecule has 2 unspecified atom stereocenters. The average molecular weight is 332 g/mol. The third-order valence-electron chi connectivity index (χ3n) is 3.34. The Morgan fingerprint density at radius 1 is 1.39 bits per heavy atom. The molecule has 0 bridgehead atoms. The van der Waals surface area contributed by atoms with Gasteiger partial charge in [0, 0.05) is 17.2 Å². The number of amides is 1. The number of thiazole rings is 1. The molecule has 122 valence electrons. The van der Waals surface area contributed by atoms with Crippen LogP contribution in [-0.4, -0.2) is 29.1 Å². The van der Waals surface area contributed by atoms with Crippen LogP contribution in [0, 0.1) is 6.92 Å². The van der Waals surface area contributed by atoms with Crippen molar-refractivity contribution in [2.75, 3.05) is 7.11 Å². The van der Waals surface area contributed by atoms with Crippen molar-refractivity contribution >= 4 is 23.3 Å². The van der Waals surface area contributed by atoms with E-state index in [0.29, 0.717) is 0 Å². The zero-order chi connectivity index (χ0) is 16.8. The molecule has 1 amide bonds. The molecule has 1 aromatic carbocycles. The maximum Gasteiger partial charge on any atom is 0.244 e. The van der Waals surface area contributed by atoms with Gasteiger partial charge in [0.05, 0.1) is 24.3 Å². The Labute approximate surface area is 139 Å². The van der Waals surface area contributed by atoms with Gasteiger partial charge >= 0.3 is 0 Å². The van der Waals surface area contributed by atoms with Gasteiger partial charge in [-0.25, -0.2) is 4.98 Å². The smallest absolute Gasteiger partial charge is 0.244 e. The van der Waals surface area contributed by atoms with E-state index in [1.165, 1.54) is 17.4 Å². The highest BCUT2D eigenvalue weighted by atomic mass is 32.1. The molecule has 2 atom stereocenters. The quantitative estimate of drug-likeness (QED) is 0.798. The third kappa shape index (κ3) is 4.91. The van der Waals surface area contributed by atoms with Crippen molar-refractivity contribution in [3.63, 3.8) is 0 Å². The third-order valence-corrected chi connectivity index (χ3v) is 4.22. The van der Waals surface area contributed by atoms with Crippen LogP contribution in [0.15, 0.2) is 36.5 Å². The molecular weight excluding hydrogens is 312 g/mol. The van der Waals surface area contributed by atoms with Crippen LogP contribution in [0.5, 0.6) is 5.75 Å². The van der Waals surface area contributed by atoms with Crippen molar-refractivity contribution in [1.29, 1.82) is 0 Å². The van der Waals surface area contributed by atoms with Crippen LogP contribution >= 0.6 is 11.3 Å². The summed E-state index contributed by atoms with van der Waals surface area (Å²) < 4.78 is 5.09. The van der Waals surface area contributed by atoms with E-state index >= 15 is 0 Å². The Kier molecular flexibility index (Phi) is 5.90. The van der Waals surface area contributed by atoms with Gasteiger partial charge in [-0.3, -0.25) is 4.79 Å². The molecule has 6 heteroatoms. The van der Waals surface area contributed by atoms with E-state index in [4.69, 9.17) is 4.74 Å². The first kappa shape index (κ1) is 17.2. The number of hydrogen-bond donors (Lipinski definition) is 2. The van der Waals surface area contributed by atoms with Crippen LogP contribution in [0.4, 0.5) is 0 Å². The molecular formula is C17H20N2O3S. The summed E-state index contributed by atoms with van der Waals surface area (Å²) in [6.07, 6.45) is 4.10. The molecule has 2 N–H and O–H groups in total. The summed E-state index contributed by atoms with van der Waals surface area (Å²) in [5, 5.41) is 14.0. The molecule has 0 radical (unpaired) electrons. The predicted molar refractivity (Wildman–Crippen MR) is 91.4 cm³/mol. The zero-order valence-electron chi connectivity index (χ0n) is 13.3. The molecule has 2 aromatic rings. The molecule has 0 aliphatic heterocycles. The summed E-state index contributed by atoms with van der Waals surface area (Å²) in [5.41, 5.74) is 0.723. The number of nitrogens with one attached hydrogen (secondary N) is 1. The summed E-state index contributed by atoms with van der Waals surface area (Å²) in [6, 6.07) is 6.70. The highest BCUT2D eigenvalue weighted by Crippen LogP contribution is 2.20. The molecule has 0 saturated carbocycles. The number of rotatable bonds is 6. The van der Waals surface area contributed by atoms with Crippen LogP contribution in [0.2, 0.25) is 0 Å². The van der Waals surface area contributed by atoms with E-state index < -0.39 is 12.1 Å². The van der Waals surface area contributed by atoms with E-state index in [9.17, 15) is 9.90 Å². The van der Waals surface area contributed by atoms with Crippen LogP contribution < -0.4 is 10.1 Å². The number of aromatic nitrogens is 1. The van der Waals surface area contributed by atoms with Gasteiger partial charge in [-0.1, -0.05) is 12.1 Å². The van der Waals surface area contributed by atoms with Gasteiger partial charge < -0.3 is 15.2 Å². The Balaban J connectivity index is 1.92. The van der Waals surface area contributed by atoms with Gasteiger partial charge in [0.1, 0.15) is 5.75 Å². The fourth-order valence-corrected chi connectivity index (χ4v) is 2.74. The Morgan fingerprint density at radius 2 is 2.09 bits per heavy atom. The fraction of sp³-hybridized carbons (Fsp3) is 0.294. The second-order valence-electron chi connectivity index (χ2n) is 5.13. The number of ether oxygens (including phenoxy) is 1. The van der Waals surface area contributed by atoms with Gasteiger partial charge in [-0.15, -0.1) is 11.3 Å². The average Bonchev–Trinajstić information content (AvgIpc) is 2.97. The van der Waals surface area contributed by atoms with Crippen molar-refractivity contribution in [2.24, 2.45) is 0 Å².